The minimum Gasteiger partial charge on any atom is -0.481 e. The minimum absolute atomic E-state index is 0.0122. The van der Waals surface area contributed by atoms with Crippen LogP contribution in [-0.2, 0) is 4.79 Å². The first-order chi connectivity index (χ1) is 5.70. The quantitative estimate of drug-likeness (QED) is 0.726. The van der Waals surface area contributed by atoms with Crippen molar-refractivity contribution in [2.75, 3.05) is 11.5 Å². The van der Waals surface area contributed by atoms with E-state index >= 15 is 0 Å². The van der Waals surface area contributed by atoms with Crippen LogP contribution >= 0.6 is 11.8 Å². The first-order valence-electron chi connectivity index (χ1n) is 4.13. The second-order valence-electron chi connectivity index (χ2n) is 3.06. The van der Waals surface area contributed by atoms with E-state index in [0.29, 0.717) is 12.8 Å². The Morgan fingerprint density at radius 1 is 1.50 bits per heavy atom. The van der Waals surface area contributed by atoms with Crippen LogP contribution < -0.4 is 0 Å². The number of halogens is 1. The molecule has 0 unspecified atom stereocenters. The Morgan fingerprint density at radius 2 is 2.17 bits per heavy atom. The second-order valence-corrected chi connectivity index (χ2v) is 4.29. The summed E-state index contributed by atoms with van der Waals surface area (Å²) in [6.07, 6.45) is 0.304. The van der Waals surface area contributed by atoms with Crippen molar-refractivity contribution in [2.45, 2.75) is 25.4 Å². The van der Waals surface area contributed by atoms with Crippen molar-refractivity contribution in [3.05, 3.63) is 0 Å². The molecule has 0 radical (unpaired) electrons. The highest BCUT2D eigenvalue weighted by atomic mass is 32.2. The maximum atomic E-state index is 13.2. The summed E-state index contributed by atoms with van der Waals surface area (Å²) < 4.78 is 13.2. The summed E-state index contributed by atoms with van der Waals surface area (Å²) >= 11 is 1.72. The van der Waals surface area contributed by atoms with Gasteiger partial charge in [-0.15, -0.1) is 0 Å². The van der Waals surface area contributed by atoms with E-state index in [1.165, 1.54) is 0 Å². The highest BCUT2D eigenvalue weighted by molar-refractivity contribution is 7.99. The van der Waals surface area contributed by atoms with Gasteiger partial charge in [-0.1, -0.05) is 0 Å². The number of hydrogen-bond donors (Lipinski definition) is 1. The molecule has 1 aliphatic rings. The molecule has 0 aliphatic carbocycles. The highest BCUT2D eigenvalue weighted by Gasteiger charge is 2.25. The third-order valence-corrected chi connectivity index (χ3v) is 3.17. The summed E-state index contributed by atoms with van der Waals surface area (Å²) in [7, 11) is 0. The molecule has 0 amide bonds. The van der Waals surface area contributed by atoms with Crippen molar-refractivity contribution in [3.63, 3.8) is 0 Å². The molecular weight excluding hydrogens is 179 g/mol. The number of carboxylic acids is 1. The first-order valence-corrected chi connectivity index (χ1v) is 5.29. The van der Waals surface area contributed by atoms with Crippen LogP contribution in [0, 0.1) is 5.92 Å². The Bertz CT molecular complexity index is 163. The SMILES string of the molecule is O=C(O)C[C@H]1CCSCC[C@H]1F. The maximum Gasteiger partial charge on any atom is 0.303 e. The van der Waals surface area contributed by atoms with Gasteiger partial charge in [0, 0.05) is 5.92 Å². The largest absolute Gasteiger partial charge is 0.481 e. The van der Waals surface area contributed by atoms with Crippen LogP contribution in [0.4, 0.5) is 4.39 Å². The van der Waals surface area contributed by atoms with E-state index in [2.05, 4.69) is 0 Å². The molecule has 70 valence electrons. The van der Waals surface area contributed by atoms with E-state index in [1.807, 2.05) is 0 Å². The van der Waals surface area contributed by atoms with Crippen molar-refractivity contribution in [3.8, 4) is 0 Å². The van der Waals surface area contributed by atoms with Gasteiger partial charge < -0.3 is 5.11 Å². The molecule has 1 fully saturated rings. The molecule has 0 saturated carbocycles. The number of aliphatic carboxylic acids is 1. The lowest BCUT2D eigenvalue weighted by Crippen LogP contribution is -2.19. The van der Waals surface area contributed by atoms with E-state index in [9.17, 15) is 9.18 Å². The van der Waals surface area contributed by atoms with Crippen molar-refractivity contribution in [1.82, 2.24) is 0 Å². The van der Waals surface area contributed by atoms with Crippen LogP contribution in [-0.4, -0.2) is 28.8 Å². The lowest BCUT2D eigenvalue weighted by atomic mass is 9.95. The molecule has 4 heteroatoms. The van der Waals surface area contributed by atoms with Gasteiger partial charge in [-0.25, -0.2) is 4.39 Å². The smallest absolute Gasteiger partial charge is 0.303 e. The number of carboxylic acid groups (broad SMARTS) is 1. The molecule has 1 heterocycles. The molecule has 1 N–H and O–H groups in total. The van der Waals surface area contributed by atoms with Crippen LogP contribution in [0.1, 0.15) is 19.3 Å². The number of hydrogen-bond acceptors (Lipinski definition) is 2. The monoisotopic (exact) mass is 192 g/mol. The van der Waals surface area contributed by atoms with E-state index in [1.54, 1.807) is 11.8 Å². The molecule has 0 aromatic heterocycles. The summed E-state index contributed by atoms with van der Waals surface area (Å²) in [5.74, 6) is 0.599. The Morgan fingerprint density at radius 3 is 2.83 bits per heavy atom. The maximum absolute atomic E-state index is 13.2. The molecule has 12 heavy (non-hydrogen) atoms. The summed E-state index contributed by atoms with van der Waals surface area (Å²) in [6.45, 7) is 0. The molecule has 0 aromatic rings. The molecule has 0 bridgehead atoms. The number of alkyl halides is 1. The average Bonchev–Trinajstić information content (AvgIpc) is 2.16. The zero-order valence-electron chi connectivity index (χ0n) is 6.83. The topological polar surface area (TPSA) is 37.3 Å². The van der Waals surface area contributed by atoms with Gasteiger partial charge in [0.15, 0.2) is 0 Å². The molecule has 1 saturated heterocycles. The van der Waals surface area contributed by atoms with Crippen molar-refractivity contribution in [2.24, 2.45) is 5.92 Å². The lowest BCUT2D eigenvalue weighted by Gasteiger charge is -2.14. The highest BCUT2D eigenvalue weighted by Crippen LogP contribution is 2.27. The average molecular weight is 192 g/mol. The van der Waals surface area contributed by atoms with Crippen LogP contribution in [0.5, 0.6) is 0 Å². The third-order valence-electron chi connectivity index (χ3n) is 2.12. The molecule has 1 rings (SSSR count). The predicted octanol–water partition coefficient (Wildman–Crippen LogP) is 1.94. The van der Waals surface area contributed by atoms with Gasteiger partial charge in [0.2, 0.25) is 0 Å². The van der Waals surface area contributed by atoms with Gasteiger partial charge in [0.05, 0.1) is 6.42 Å². The Hall–Kier alpha value is -0.250. The number of thioether (sulfide) groups is 1. The van der Waals surface area contributed by atoms with Crippen molar-refractivity contribution in [1.29, 1.82) is 0 Å². The fourth-order valence-corrected chi connectivity index (χ4v) is 2.47. The summed E-state index contributed by atoms with van der Waals surface area (Å²) in [5, 5.41) is 8.50. The molecule has 1 aliphatic heterocycles. The fraction of sp³-hybridized carbons (Fsp3) is 0.875. The van der Waals surface area contributed by atoms with E-state index in [4.69, 9.17) is 5.11 Å². The Kier molecular flexibility index (Phi) is 3.85. The number of rotatable bonds is 2. The van der Waals surface area contributed by atoms with Gasteiger partial charge in [-0.2, -0.15) is 11.8 Å². The van der Waals surface area contributed by atoms with Crippen LogP contribution in [0.2, 0.25) is 0 Å². The standard InChI is InChI=1S/C8H13FO2S/c9-7-2-4-12-3-1-6(7)5-8(10)11/h6-7H,1-5H2,(H,10,11)/t6-,7-/m1/s1. The molecule has 2 nitrogen and oxygen atoms in total. The van der Waals surface area contributed by atoms with Crippen molar-refractivity contribution < 1.29 is 14.3 Å². The Balaban J connectivity index is 2.41. The minimum atomic E-state index is -0.906. The van der Waals surface area contributed by atoms with E-state index in [0.717, 1.165) is 11.5 Å². The fourth-order valence-electron chi connectivity index (χ4n) is 1.40. The van der Waals surface area contributed by atoms with Gasteiger partial charge in [-0.05, 0) is 24.3 Å². The zero-order chi connectivity index (χ0) is 8.97. The zero-order valence-corrected chi connectivity index (χ0v) is 7.65. The number of carbonyl (C=O) groups is 1. The first kappa shape index (κ1) is 9.84. The van der Waals surface area contributed by atoms with Gasteiger partial charge in [-0.3, -0.25) is 4.79 Å². The van der Waals surface area contributed by atoms with Crippen LogP contribution in [0.15, 0.2) is 0 Å². The summed E-state index contributed by atoms with van der Waals surface area (Å²) in [4.78, 5) is 10.4. The van der Waals surface area contributed by atoms with Gasteiger partial charge >= 0.3 is 5.97 Å². The molecule has 2 atom stereocenters. The van der Waals surface area contributed by atoms with E-state index in [-0.39, 0.29) is 12.3 Å². The molecule has 0 aromatic carbocycles. The normalized spacial score (nSPS) is 31.1. The van der Waals surface area contributed by atoms with Crippen LogP contribution in [0.3, 0.4) is 0 Å². The predicted molar refractivity (Wildman–Crippen MR) is 47.2 cm³/mol. The van der Waals surface area contributed by atoms with Crippen molar-refractivity contribution >= 4 is 17.7 Å². The summed E-state index contributed by atoms with van der Waals surface area (Å²) in [6, 6.07) is 0. The van der Waals surface area contributed by atoms with E-state index < -0.39 is 12.1 Å². The molecule has 0 spiro atoms. The van der Waals surface area contributed by atoms with Gasteiger partial charge in [0.1, 0.15) is 6.17 Å². The Labute approximate surface area is 75.5 Å². The third kappa shape index (κ3) is 3.01. The lowest BCUT2D eigenvalue weighted by molar-refractivity contribution is -0.138. The van der Waals surface area contributed by atoms with Gasteiger partial charge in [0.25, 0.3) is 0 Å². The molecular formula is C8H13FO2S. The second kappa shape index (κ2) is 4.70. The van der Waals surface area contributed by atoms with Crippen LogP contribution in [0.25, 0.3) is 0 Å². The summed E-state index contributed by atoms with van der Waals surface area (Å²) in [5.41, 5.74) is 0.